The molecule has 0 aliphatic heterocycles. The molecule has 0 aliphatic rings. The van der Waals surface area contributed by atoms with Crippen LogP contribution in [0.2, 0.25) is 0 Å². The van der Waals surface area contributed by atoms with Gasteiger partial charge in [0.1, 0.15) is 11.6 Å². The number of H-pyrrole nitrogens is 1. The Balaban J connectivity index is 2.12. The lowest BCUT2D eigenvalue weighted by Crippen LogP contribution is -1.96. The molecule has 102 valence electrons. The van der Waals surface area contributed by atoms with Crippen LogP contribution in [-0.4, -0.2) is 17.1 Å². The highest BCUT2D eigenvalue weighted by Crippen LogP contribution is 2.30. The van der Waals surface area contributed by atoms with E-state index in [4.69, 9.17) is 10.5 Å². The van der Waals surface area contributed by atoms with E-state index >= 15 is 0 Å². The molecule has 0 radical (unpaired) electrons. The zero-order chi connectivity index (χ0) is 14.1. The van der Waals surface area contributed by atoms with Crippen LogP contribution in [0.5, 0.6) is 5.75 Å². The molecule has 20 heavy (non-hydrogen) atoms. The maximum absolute atomic E-state index is 5.75. The number of nitrogens with one attached hydrogen (secondary N) is 1. The van der Waals surface area contributed by atoms with Crippen LogP contribution in [0.3, 0.4) is 0 Å². The number of hydrogen-bond acceptors (Lipinski definition) is 3. The highest BCUT2D eigenvalue weighted by atomic mass is 79.9. The summed E-state index contributed by atoms with van der Waals surface area (Å²) in [6.45, 7) is 0.480. The molecule has 0 saturated heterocycles. The van der Waals surface area contributed by atoms with Crippen LogP contribution in [0.25, 0.3) is 22.4 Å². The molecule has 0 amide bonds. The van der Waals surface area contributed by atoms with Crippen LogP contribution >= 0.6 is 15.9 Å². The fourth-order valence-corrected chi connectivity index (χ4v) is 2.75. The van der Waals surface area contributed by atoms with Gasteiger partial charge in [0.15, 0.2) is 0 Å². The van der Waals surface area contributed by atoms with Gasteiger partial charge in [-0.2, -0.15) is 0 Å². The largest absolute Gasteiger partial charge is 0.496 e. The lowest BCUT2D eigenvalue weighted by atomic mass is 10.2. The van der Waals surface area contributed by atoms with Crippen molar-refractivity contribution in [2.45, 2.75) is 6.54 Å². The number of imidazole rings is 1. The van der Waals surface area contributed by atoms with E-state index in [1.54, 1.807) is 7.11 Å². The van der Waals surface area contributed by atoms with E-state index in [9.17, 15) is 0 Å². The third kappa shape index (κ3) is 2.19. The molecule has 1 heterocycles. The molecular weight excluding hydrogens is 318 g/mol. The highest BCUT2D eigenvalue weighted by Gasteiger charge is 2.10. The summed E-state index contributed by atoms with van der Waals surface area (Å²) < 4.78 is 6.14. The fourth-order valence-electron chi connectivity index (χ4n) is 2.21. The van der Waals surface area contributed by atoms with Crippen molar-refractivity contribution in [3.63, 3.8) is 0 Å². The molecule has 3 rings (SSSR count). The van der Waals surface area contributed by atoms with Crippen LogP contribution in [0.15, 0.2) is 40.9 Å². The minimum absolute atomic E-state index is 0.480. The van der Waals surface area contributed by atoms with Crippen molar-refractivity contribution in [2.24, 2.45) is 5.73 Å². The number of methoxy groups -OCH3 is 1. The molecule has 1 aromatic heterocycles. The first-order valence-electron chi connectivity index (χ1n) is 6.24. The molecule has 0 aliphatic carbocycles. The van der Waals surface area contributed by atoms with Gasteiger partial charge >= 0.3 is 0 Å². The van der Waals surface area contributed by atoms with Crippen molar-refractivity contribution in [3.8, 4) is 17.1 Å². The van der Waals surface area contributed by atoms with Gasteiger partial charge in [0.25, 0.3) is 0 Å². The quantitative estimate of drug-likeness (QED) is 0.772. The maximum Gasteiger partial charge on any atom is 0.138 e. The SMILES string of the molecule is COc1ccc(-c2nc3c(CN)cccc3[nH]2)cc1Br. The summed E-state index contributed by atoms with van der Waals surface area (Å²) in [6, 6.07) is 11.9. The molecule has 2 aromatic carbocycles. The van der Waals surface area contributed by atoms with E-state index in [0.717, 1.165) is 38.2 Å². The second-order valence-corrected chi connectivity index (χ2v) is 5.31. The molecule has 0 unspecified atom stereocenters. The molecule has 0 spiro atoms. The van der Waals surface area contributed by atoms with Gasteiger partial charge < -0.3 is 15.5 Å². The number of nitrogens with zero attached hydrogens (tertiary/aromatic N) is 1. The van der Waals surface area contributed by atoms with Gasteiger partial charge in [-0.1, -0.05) is 12.1 Å². The number of aromatic amines is 1. The monoisotopic (exact) mass is 331 g/mol. The maximum atomic E-state index is 5.75. The zero-order valence-electron chi connectivity index (χ0n) is 11.0. The number of halogens is 1. The number of rotatable bonds is 3. The minimum atomic E-state index is 0.480. The summed E-state index contributed by atoms with van der Waals surface area (Å²) in [4.78, 5) is 7.98. The number of benzene rings is 2. The van der Waals surface area contributed by atoms with Crippen LogP contribution in [0.4, 0.5) is 0 Å². The molecule has 4 nitrogen and oxygen atoms in total. The third-order valence-corrected chi connectivity index (χ3v) is 3.86. The number of fused-ring (bicyclic) bond motifs is 1. The van der Waals surface area contributed by atoms with E-state index in [2.05, 4.69) is 25.9 Å². The lowest BCUT2D eigenvalue weighted by molar-refractivity contribution is 0.412. The summed E-state index contributed by atoms with van der Waals surface area (Å²) in [5.41, 5.74) is 9.71. The van der Waals surface area contributed by atoms with Crippen LogP contribution in [-0.2, 0) is 6.54 Å². The Labute approximate surface area is 125 Å². The Hall–Kier alpha value is -1.85. The molecule has 0 saturated carbocycles. The average molecular weight is 332 g/mol. The Morgan fingerprint density at radius 2 is 2.15 bits per heavy atom. The highest BCUT2D eigenvalue weighted by molar-refractivity contribution is 9.10. The lowest BCUT2D eigenvalue weighted by Gasteiger charge is -2.04. The Morgan fingerprint density at radius 3 is 2.85 bits per heavy atom. The van der Waals surface area contributed by atoms with Gasteiger partial charge in [0.2, 0.25) is 0 Å². The van der Waals surface area contributed by atoms with Gasteiger partial charge in [-0.15, -0.1) is 0 Å². The number of para-hydroxylation sites is 1. The van der Waals surface area contributed by atoms with Crippen molar-refractivity contribution in [3.05, 3.63) is 46.4 Å². The number of ether oxygens (including phenoxy) is 1. The summed E-state index contributed by atoms with van der Waals surface area (Å²) in [5, 5.41) is 0. The normalized spacial score (nSPS) is 10.9. The number of nitrogens with two attached hydrogens (primary N) is 1. The number of aromatic nitrogens is 2. The van der Waals surface area contributed by atoms with Crippen molar-refractivity contribution in [2.75, 3.05) is 7.11 Å². The Morgan fingerprint density at radius 1 is 1.30 bits per heavy atom. The topological polar surface area (TPSA) is 63.9 Å². The Kier molecular flexibility index (Phi) is 3.46. The van der Waals surface area contributed by atoms with Gasteiger partial charge in [0.05, 0.1) is 22.6 Å². The van der Waals surface area contributed by atoms with Crippen LogP contribution < -0.4 is 10.5 Å². The second-order valence-electron chi connectivity index (χ2n) is 4.45. The van der Waals surface area contributed by atoms with Crippen molar-refractivity contribution < 1.29 is 4.74 Å². The average Bonchev–Trinajstić information content (AvgIpc) is 2.91. The van der Waals surface area contributed by atoms with Gasteiger partial charge in [-0.25, -0.2) is 4.98 Å². The fraction of sp³-hybridized carbons (Fsp3) is 0.133. The predicted octanol–water partition coefficient (Wildman–Crippen LogP) is 3.46. The molecule has 0 fully saturated rings. The summed E-state index contributed by atoms with van der Waals surface area (Å²) in [5.74, 6) is 1.62. The zero-order valence-corrected chi connectivity index (χ0v) is 12.6. The van der Waals surface area contributed by atoms with E-state index in [1.807, 2.05) is 36.4 Å². The van der Waals surface area contributed by atoms with Crippen molar-refractivity contribution >= 4 is 27.0 Å². The standard InChI is InChI=1S/C15H14BrN3O/c1-20-13-6-5-9(7-11(13)16)15-18-12-4-2-3-10(8-17)14(12)19-15/h2-7H,8,17H2,1H3,(H,18,19). The van der Waals surface area contributed by atoms with E-state index < -0.39 is 0 Å². The Bertz CT molecular complexity index is 767. The van der Waals surface area contributed by atoms with E-state index in [0.29, 0.717) is 6.54 Å². The second kappa shape index (κ2) is 5.26. The van der Waals surface area contributed by atoms with E-state index in [-0.39, 0.29) is 0 Å². The summed E-state index contributed by atoms with van der Waals surface area (Å²) in [7, 11) is 1.65. The van der Waals surface area contributed by atoms with E-state index in [1.165, 1.54) is 0 Å². The molecule has 3 aromatic rings. The van der Waals surface area contributed by atoms with Crippen LogP contribution in [0, 0.1) is 0 Å². The third-order valence-electron chi connectivity index (χ3n) is 3.24. The number of hydrogen-bond donors (Lipinski definition) is 2. The minimum Gasteiger partial charge on any atom is -0.496 e. The first kappa shape index (κ1) is 13.1. The molecule has 0 atom stereocenters. The smallest absolute Gasteiger partial charge is 0.138 e. The summed E-state index contributed by atoms with van der Waals surface area (Å²) in [6.07, 6.45) is 0. The molecular formula is C15H14BrN3O. The first-order valence-corrected chi connectivity index (χ1v) is 7.04. The van der Waals surface area contributed by atoms with Gasteiger partial charge in [0, 0.05) is 12.1 Å². The molecule has 3 N–H and O–H groups in total. The summed E-state index contributed by atoms with van der Waals surface area (Å²) >= 11 is 3.49. The van der Waals surface area contributed by atoms with Gasteiger partial charge in [-0.05, 0) is 45.8 Å². The van der Waals surface area contributed by atoms with Crippen LogP contribution in [0.1, 0.15) is 5.56 Å². The van der Waals surface area contributed by atoms with Gasteiger partial charge in [-0.3, -0.25) is 0 Å². The molecule has 0 bridgehead atoms. The molecule has 5 heteroatoms. The first-order chi connectivity index (χ1) is 9.72. The van der Waals surface area contributed by atoms with Crippen molar-refractivity contribution in [1.29, 1.82) is 0 Å². The van der Waals surface area contributed by atoms with Crippen molar-refractivity contribution in [1.82, 2.24) is 9.97 Å². The predicted molar refractivity (Wildman–Crippen MR) is 83.7 cm³/mol.